The molecule has 1 atom stereocenters. The van der Waals surface area contributed by atoms with Crippen molar-refractivity contribution >= 4 is 23.1 Å². The predicted octanol–water partition coefficient (Wildman–Crippen LogP) is 2.53. The van der Waals surface area contributed by atoms with Crippen LogP contribution in [0.15, 0.2) is 24.3 Å². The third-order valence-corrected chi connectivity index (χ3v) is 3.82. The number of likely N-dealkylation sites (tertiary alicyclic amines) is 1. The molecule has 3 nitrogen and oxygen atoms in total. The summed E-state index contributed by atoms with van der Waals surface area (Å²) < 4.78 is 0. The Morgan fingerprint density at radius 1 is 1.42 bits per heavy atom. The van der Waals surface area contributed by atoms with Crippen LogP contribution in [0.4, 0.5) is 0 Å². The third kappa shape index (κ3) is 3.32. The van der Waals surface area contributed by atoms with E-state index in [0.29, 0.717) is 17.5 Å². The van der Waals surface area contributed by atoms with E-state index in [2.05, 4.69) is 6.92 Å². The van der Waals surface area contributed by atoms with Gasteiger partial charge in [-0.2, -0.15) is 0 Å². The maximum Gasteiger partial charge on any atom is 0.254 e. The summed E-state index contributed by atoms with van der Waals surface area (Å²) in [5.74, 6) is 0.110. The van der Waals surface area contributed by atoms with Crippen LogP contribution in [0.25, 0.3) is 0 Å². The van der Waals surface area contributed by atoms with Crippen LogP contribution in [0.5, 0.6) is 0 Å². The van der Waals surface area contributed by atoms with Crippen LogP contribution in [0.2, 0.25) is 0 Å². The summed E-state index contributed by atoms with van der Waals surface area (Å²) in [4.78, 5) is 15.1. The predicted molar refractivity (Wildman–Crippen MR) is 81.3 cm³/mol. The molecule has 1 aromatic rings. The minimum absolute atomic E-state index is 0.110. The number of benzene rings is 1. The van der Waals surface area contributed by atoms with E-state index in [9.17, 15) is 4.79 Å². The van der Waals surface area contributed by atoms with E-state index in [1.165, 1.54) is 6.42 Å². The van der Waals surface area contributed by atoms with E-state index < -0.39 is 0 Å². The molecule has 19 heavy (non-hydrogen) atoms. The van der Waals surface area contributed by atoms with Gasteiger partial charge in [-0.1, -0.05) is 30.4 Å². The number of hydrogen-bond donors (Lipinski definition) is 1. The minimum Gasteiger partial charge on any atom is -0.393 e. The van der Waals surface area contributed by atoms with E-state index >= 15 is 0 Å². The first-order chi connectivity index (χ1) is 9.09. The molecule has 1 aliphatic rings. The monoisotopic (exact) mass is 276 g/mol. The van der Waals surface area contributed by atoms with Crippen LogP contribution < -0.4 is 5.73 Å². The number of nitrogens with zero attached hydrogens (tertiary/aromatic N) is 1. The molecule has 102 valence electrons. The van der Waals surface area contributed by atoms with Crippen LogP contribution in [-0.2, 0) is 6.42 Å². The van der Waals surface area contributed by atoms with Gasteiger partial charge < -0.3 is 10.6 Å². The molecule has 1 fully saturated rings. The normalized spacial score (nSPS) is 19.2. The minimum atomic E-state index is 0.110. The number of carbonyl (C=O) groups excluding carboxylic acids is 1. The average Bonchev–Trinajstić information content (AvgIpc) is 2.38. The van der Waals surface area contributed by atoms with E-state index in [1.54, 1.807) is 0 Å². The second-order valence-corrected chi connectivity index (χ2v) is 5.67. The second kappa shape index (κ2) is 6.15. The van der Waals surface area contributed by atoms with Gasteiger partial charge in [0, 0.05) is 24.6 Å². The van der Waals surface area contributed by atoms with E-state index in [4.69, 9.17) is 18.0 Å². The molecule has 1 unspecified atom stereocenters. The Morgan fingerprint density at radius 2 is 2.16 bits per heavy atom. The van der Waals surface area contributed by atoms with E-state index in [0.717, 1.165) is 30.5 Å². The highest BCUT2D eigenvalue weighted by Gasteiger charge is 2.25. The molecule has 0 spiro atoms. The molecule has 0 radical (unpaired) electrons. The van der Waals surface area contributed by atoms with Crippen molar-refractivity contribution in [3.63, 3.8) is 0 Å². The molecule has 1 heterocycles. The van der Waals surface area contributed by atoms with Gasteiger partial charge in [0.15, 0.2) is 0 Å². The smallest absolute Gasteiger partial charge is 0.254 e. The molecule has 0 saturated carbocycles. The molecule has 1 amide bonds. The summed E-state index contributed by atoms with van der Waals surface area (Å²) in [6.07, 6.45) is 3.87. The van der Waals surface area contributed by atoms with Crippen molar-refractivity contribution in [3.05, 3.63) is 35.4 Å². The summed E-state index contributed by atoms with van der Waals surface area (Å²) in [6.45, 7) is 2.97. The molecule has 1 aromatic carbocycles. The zero-order valence-corrected chi connectivity index (χ0v) is 12.1. The number of hydrogen-bond acceptors (Lipinski definition) is 2. The summed E-state index contributed by atoms with van der Waals surface area (Å²) >= 11 is 4.96. The molecule has 0 bridgehead atoms. The fourth-order valence-corrected chi connectivity index (χ4v) is 2.78. The SMILES string of the molecule is CC1CCCCN1C(=O)c1ccccc1CC(N)=S. The Balaban J connectivity index is 2.25. The van der Waals surface area contributed by atoms with E-state index in [1.807, 2.05) is 29.2 Å². The number of carbonyl (C=O) groups is 1. The summed E-state index contributed by atoms with van der Waals surface area (Å²) in [7, 11) is 0. The van der Waals surface area contributed by atoms with Gasteiger partial charge in [-0.05, 0) is 37.8 Å². The average molecular weight is 276 g/mol. The Kier molecular flexibility index (Phi) is 4.53. The molecular weight excluding hydrogens is 256 g/mol. The highest BCUT2D eigenvalue weighted by Crippen LogP contribution is 2.21. The number of nitrogens with two attached hydrogens (primary N) is 1. The van der Waals surface area contributed by atoms with Crippen LogP contribution in [0.1, 0.15) is 42.1 Å². The molecular formula is C15H20N2OS. The number of piperidine rings is 1. The maximum absolute atomic E-state index is 12.7. The van der Waals surface area contributed by atoms with Crippen LogP contribution >= 0.6 is 12.2 Å². The number of thiocarbonyl (C=S) groups is 1. The maximum atomic E-state index is 12.7. The number of amides is 1. The largest absolute Gasteiger partial charge is 0.393 e. The van der Waals surface area contributed by atoms with Crippen molar-refractivity contribution in [1.82, 2.24) is 4.90 Å². The van der Waals surface area contributed by atoms with Crippen LogP contribution in [-0.4, -0.2) is 28.4 Å². The summed E-state index contributed by atoms with van der Waals surface area (Å²) in [5, 5.41) is 0. The fraction of sp³-hybridized carbons (Fsp3) is 0.467. The first kappa shape index (κ1) is 14.0. The highest BCUT2D eigenvalue weighted by atomic mass is 32.1. The lowest BCUT2D eigenvalue weighted by Gasteiger charge is -2.34. The van der Waals surface area contributed by atoms with Gasteiger partial charge in [-0.25, -0.2) is 0 Å². The zero-order valence-electron chi connectivity index (χ0n) is 11.3. The Morgan fingerprint density at radius 3 is 2.84 bits per heavy atom. The molecule has 4 heteroatoms. The molecule has 2 rings (SSSR count). The van der Waals surface area contributed by atoms with Crippen molar-refractivity contribution in [3.8, 4) is 0 Å². The van der Waals surface area contributed by atoms with Crippen LogP contribution in [0.3, 0.4) is 0 Å². The topological polar surface area (TPSA) is 46.3 Å². The van der Waals surface area contributed by atoms with Crippen molar-refractivity contribution < 1.29 is 4.79 Å². The first-order valence-corrected chi connectivity index (χ1v) is 7.17. The molecule has 1 aliphatic heterocycles. The van der Waals surface area contributed by atoms with Crippen molar-refractivity contribution in [1.29, 1.82) is 0 Å². The molecule has 1 saturated heterocycles. The van der Waals surface area contributed by atoms with E-state index in [-0.39, 0.29) is 5.91 Å². The first-order valence-electron chi connectivity index (χ1n) is 6.77. The van der Waals surface area contributed by atoms with Gasteiger partial charge >= 0.3 is 0 Å². The van der Waals surface area contributed by atoms with Crippen molar-refractivity contribution in [2.75, 3.05) is 6.54 Å². The lowest BCUT2D eigenvalue weighted by molar-refractivity contribution is 0.0634. The van der Waals surface area contributed by atoms with Gasteiger partial charge in [0.25, 0.3) is 5.91 Å². The molecule has 2 N–H and O–H groups in total. The molecule has 0 aromatic heterocycles. The van der Waals surface area contributed by atoms with Gasteiger partial charge in [0.1, 0.15) is 0 Å². The number of rotatable bonds is 3. The standard InChI is InChI=1S/C15H20N2OS/c1-11-6-4-5-9-17(11)15(18)13-8-3-2-7-12(13)10-14(16)19/h2-3,7-8,11H,4-6,9-10H2,1H3,(H2,16,19). The van der Waals surface area contributed by atoms with Gasteiger partial charge in [0.05, 0.1) is 4.99 Å². The van der Waals surface area contributed by atoms with Gasteiger partial charge in [-0.3, -0.25) is 4.79 Å². The molecule has 0 aliphatic carbocycles. The summed E-state index contributed by atoms with van der Waals surface area (Å²) in [6, 6.07) is 7.94. The Hall–Kier alpha value is -1.42. The quantitative estimate of drug-likeness (QED) is 0.863. The summed E-state index contributed by atoms with van der Waals surface area (Å²) in [5.41, 5.74) is 7.27. The highest BCUT2D eigenvalue weighted by molar-refractivity contribution is 7.80. The van der Waals surface area contributed by atoms with Crippen molar-refractivity contribution in [2.24, 2.45) is 5.73 Å². The fourth-order valence-electron chi connectivity index (χ4n) is 2.63. The Labute approximate surface area is 119 Å². The van der Waals surface area contributed by atoms with Gasteiger partial charge in [-0.15, -0.1) is 0 Å². The lowest BCUT2D eigenvalue weighted by Crippen LogP contribution is -2.42. The van der Waals surface area contributed by atoms with Crippen molar-refractivity contribution in [2.45, 2.75) is 38.6 Å². The Bertz CT molecular complexity index is 487. The lowest BCUT2D eigenvalue weighted by atomic mass is 9.99. The third-order valence-electron chi connectivity index (χ3n) is 3.68. The van der Waals surface area contributed by atoms with Gasteiger partial charge in [0.2, 0.25) is 0 Å². The zero-order chi connectivity index (χ0) is 13.8. The van der Waals surface area contributed by atoms with Crippen LogP contribution in [0, 0.1) is 0 Å². The second-order valence-electron chi connectivity index (χ2n) is 5.14.